The van der Waals surface area contributed by atoms with E-state index >= 15 is 0 Å². The van der Waals surface area contributed by atoms with Crippen molar-refractivity contribution in [2.24, 2.45) is 5.92 Å². The van der Waals surface area contributed by atoms with Crippen LogP contribution < -0.4 is 10.1 Å². The number of nitrogens with one attached hydrogen (secondary N) is 1. The number of hydrogen-bond acceptors (Lipinski definition) is 6. The Hall–Kier alpha value is -1.31. The number of benzene rings is 1. The third kappa shape index (κ3) is 5.67. The molecule has 0 unspecified atom stereocenters. The molecular formula is C15H18ClN3O2S2. The maximum atomic E-state index is 12.2. The third-order valence-electron chi connectivity index (χ3n) is 2.69. The monoisotopic (exact) mass is 371 g/mol. The summed E-state index contributed by atoms with van der Waals surface area (Å²) in [4.78, 5) is 12.2. The number of rotatable bonds is 7. The molecule has 1 heterocycles. The van der Waals surface area contributed by atoms with Crippen LogP contribution in [0.25, 0.3) is 0 Å². The second kappa shape index (κ2) is 8.52. The van der Waals surface area contributed by atoms with Crippen molar-refractivity contribution < 1.29 is 9.53 Å². The van der Waals surface area contributed by atoms with Gasteiger partial charge in [0, 0.05) is 5.75 Å². The van der Waals surface area contributed by atoms with E-state index in [1.165, 1.54) is 11.3 Å². The lowest BCUT2D eigenvalue weighted by Crippen LogP contribution is -2.30. The molecular weight excluding hydrogens is 354 g/mol. The predicted molar refractivity (Wildman–Crippen MR) is 95.6 cm³/mol. The molecule has 0 spiro atoms. The maximum Gasteiger partial charge on any atom is 0.266 e. The zero-order valence-corrected chi connectivity index (χ0v) is 15.5. The molecule has 1 aromatic heterocycles. The molecule has 2 aromatic rings. The maximum absolute atomic E-state index is 12.2. The van der Waals surface area contributed by atoms with Crippen LogP contribution in [0, 0.1) is 5.92 Å². The molecule has 23 heavy (non-hydrogen) atoms. The smallest absolute Gasteiger partial charge is 0.266 e. The first-order chi connectivity index (χ1) is 11.0. The summed E-state index contributed by atoms with van der Waals surface area (Å²) in [7, 11) is 0. The lowest BCUT2D eigenvalue weighted by Gasteiger charge is -2.14. The van der Waals surface area contributed by atoms with Gasteiger partial charge in [-0.1, -0.05) is 60.7 Å². The number of amides is 1. The van der Waals surface area contributed by atoms with Gasteiger partial charge in [0.05, 0.1) is 5.02 Å². The minimum atomic E-state index is -0.689. The average Bonchev–Trinajstić information content (AvgIpc) is 2.95. The summed E-state index contributed by atoms with van der Waals surface area (Å²) < 4.78 is 6.41. The number of hydrogen-bond donors (Lipinski definition) is 1. The van der Waals surface area contributed by atoms with Gasteiger partial charge in [-0.05, 0) is 25.0 Å². The van der Waals surface area contributed by atoms with E-state index in [0.29, 0.717) is 21.8 Å². The van der Waals surface area contributed by atoms with E-state index in [0.717, 1.165) is 10.1 Å². The van der Waals surface area contributed by atoms with Crippen molar-refractivity contribution in [1.29, 1.82) is 0 Å². The van der Waals surface area contributed by atoms with Gasteiger partial charge in [-0.25, -0.2) is 0 Å². The highest BCUT2D eigenvalue weighted by atomic mass is 35.5. The lowest BCUT2D eigenvalue weighted by atomic mass is 10.3. The number of anilines is 1. The van der Waals surface area contributed by atoms with Crippen LogP contribution in [-0.2, 0) is 4.79 Å². The van der Waals surface area contributed by atoms with E-state index in [9.17, 15) is 4.79 Å². The normalized spacial score (nSPS) is 12.2. The SMILES string of the molecule is CC(C)CSc1nnc(NC(=O)[C@H](C)Oc2ccccc2Cl)s1. The number of para-hydroxylation sites is 1. The number of carbonyl (C=O) groups is 1. The molecule has 1 amide bonds. The molecule has 0 bridgehead atoms. The van der Waals surface area contributed by atoms with Gasteiger partial charge in [0.15, 0.2) is 10.4 Å². The van der Waals surface area contributed by atoms with Crippen LogP contribution >= 0.6 is 34.7 Å². The van der Waals surface area contributed by atoms with Crippen LogP contribution in [0.1, 0.15) is 20.8 Å². The Morgan fingerprint density at radius 2 is 2.09 bits per heavy atom. The molecule has 1 aromatic carbocycles. The van der Waals surface area contributed by atoms with Gasteiger partial charge in [-0.3, -0.25) is 10.1 Å². The number of aromatic nitrogens is 2. The van der Waals surface area contributed by atoms with Gasteiger partial charge < -0.3 is 4.74 Å². The number of halogens is 1. The van der Waals surface area contributed by atoms with Gasteiger partial charge in [-0.2, -0.15) is 0 Å². The summed E-state index contributed by atoms with van der Waals surface area (Å²) in [5.74, 6) is 1.73. The lowest BCUT2D eigenvalue weighted by molar-refractivity contribution is -0.122. The van der Waals surface area contributed by atoms with Gasteiger partial charge in [-0.15, -0.1) is 10.2 Å². The highest BCUT2D eigenvalue weighted by molar-refractivity contribution is 8.01. The number of ether oxygens (including phenoxy) is 1. The van der Waals surface area contributed by atoms with Gasteiger partial charge in [0.2, 0.25) is 5.13 Å². The van der Waals surface area contributed by atoms with Gasteiger partial charge in [0.1, 0.15) is 5.75 Å². The fourth-order valence-corrected chi connectivity index (χ4v) is 3.46. The Labute approximate surface area is 148 Å². The Morgan fingerprint density at radius 1 is 1.35 bits per heavy atom. The first kappa shape index (κ1) is 18.0. The molecule has 8 heteroatoms. The molecule has 0 fully saturated rings. The summed E-state index contributed by atoms with van der Waals surface area (Å²) in [6.45, 7) is 5.95. The summed E-state index contributed by atoms with van der Waals surface area (Å²) >= 11 is 9.01. The van der Waals surface area contributed by atoms with Crippen LogP contribution in [0.2, 0.25) is 5.02 Å². The van der Waals surface area contributed by atoms with Crippen molar-refractivity contribution in [3.05, 3.63) is 29.3 Å². The van der Waals surface area contributed by atoms with Gasteiger partial charge >= 0.3 is 0 Å². The topological polar surface area (TPSA) is 64.1 Å². The van der Waals surface area contributed by atoms with E-state index in [1.54, 1.807) is 43.0 Å². The molecule has 1 N–H and O–H groups in total. The molecule has 2 rings (SSSR count). The minimum absolute atomic E-state index is 0.290. The third-order valence-corrected chi connectivity index (χ3v) is 5.40. The van der Waals surface area contributed by atoms with E-state index in [2.05, 4.69) is 29.4 Å². The Morgan fingerprint density at radius 3 is 2.78 bits per heavy atom. The van der Waals surface area contributed by atoms with Crippen LogP contribution in [0.5, 0.6) is 5.75 Å². The Kier molecular flexibility index (Phi) is 6.68. The van der Waals surface area contributed by atoms with Crippen molar-refractivity contribution in [2.75, 3.05) is 11.1 Å². The summed E-state index contributed by atoms with van der Waals surface area (Å²) in [6.07, 6.45) is -0.689. The van der Waals surface area contributed by atoms with E-state index in [1.807, 2.05) is 0 Å². The molecule has 0 radical (unpaired) electrons. The molecule has 0 saturated carbocycles. The largest absolute Gasteiger partial charge is 0.479 e. The predicted octanol–water partition coefficient (Wildman–Crippen LogP) is 4.35. The average molecular weight is 372 g/mol. The highest BCUT2D eigenvalue weighted by Crippen LogP contribution is 2.27. The molecule has 124 valence electrons. The zero-order valence-electron chi connectivity index (χ0n) is 13.1. The molecule has 0 saturated heterocycles. The minimum Gasteiger partial charge on any atom is -0.479 e. The fourth-order valence-electron chi connectivity index (χ4n) is 1.55. The van der Waals surface area contributed by atoms with E-state index in [4.69, 9.17) is 16.3 Å². The van der Waals surface area contributed by atoms with Crippen LogP contribution in [0.3, 0.4) is 0 Å². The summed E-state index contributed by atoms with van der Waals surface area (Å²) in [6, 6.07) is 7.04. The van der Waals surface area contributed by atoms with Crippen molar-refractivity contribution in [1.82, 2.24) is 10.2 Å². The van der Waals surface area contributed by atoms with Crippen molar-refractivity contribution in [2.45, 2.75) is 31.2 Å². The number of nitrogens with zero attached hydrogens (tertiary/aromatic N) is 2. The van der Waals surface area contributed by atoms with Crippen molar-refractivity contribution in [3.63, 3.8) is 0 Å². The van der Waals surface area contributed by atoms with Crippen molar-refractivity contribution in [3.8, 4) is 5.75 Å². The Bertz CT molecular complexity index is 664. The van der Waals surface area contributed by atoms with Crippen LogP contribution in [0.15, 0.2) is 28.6 Å². The van der Waals surface area contributed by atoms with E-state index < -0.39 is 6.10 Å². The van der Waals surface area contributed by atoms with Crippen LogP contribution in [0.4, 0.5) is 5.13 Å². The van der Waals surface area contributed by atoms with Gasteiger partial charge in [0.25, 0.3) is 5.91 Å². The second-order valence-corrected chi connectivity index (χ2v) is 7.91. The summed E-state index contributed by atoms with van der Waals surface area (Å²) in [5, 5.41) is 11.7. The molecule has 1 atom stereocenters. The summed E-state index contributed by atoms with van der Waals surface area (Å²) in [5.41, 5.74) is 0. The zero-order chi connectivity index (χ0) is 16.8. The molecule has 0 aliphatic carbocycles. The van der Waals surface area contributed by atoms with Crippen molar-refractivity contribution >= 4 is 45.7 Å². The first-order valence-corrected chi connectivity index (χ1v) is 9.32. The second-order valence-electron chi connectivity index (χ2n) is 5.26. The fraction of sp³-hybridized carbons (Fsp3) is 0.400. The quantitative estimate of drug-likeness (QED) is 0.579. The molecule has 5 nitrogen and oxygen atoms in total. The van der Waals surface area contributed by atoms with E-state index in [-0.39, 0.29) is 5.91 Å². The molecule has 0 aliphatic rings. The van der Waals surface area contributed by atoms with Crippen LogP contribution in [-0.4, -0.2) is 28.0 Å². The standard InChI is InChI=1S/C15H18ClN3O2S2/c1-9(2)8-22-15-19-18-14(23-15)17-13(20)10(3)21-12-7-5-4-6-11(12)16/h4-7,9-10H,8H2,1-3H3,(H,17,18,20)/t10-/m0/s1. The number of carbonyl (C=O) groups excluding carboxylic acids is 1. The highest BCUT2D eigenvalue weighted by Gasteiger charge is 2.18. The Balaban J connectivity index is 1.90. The molecule has 0 aliphatic heterocycles. The number of thioether (sulfide) groups is 1. The first-order valence-electron chi connectivity index (χ1n) is 7.14.